The van der Waals surface area contributed by atoms with Crippen molar-refractivity contribution in [3.05, 3.63) is 71.0 Å². The number of likely N-dealkylation sites (tertiary alicyclic amines) is 1. The molecule has 1 atom stereocenters. The Morgan fingerprint density at radius 1 is 1.00 bits per heavy atom. The zero-order valence-corrected chi connectivity index (χ0v) is 15.9. The average Bonchev–Trinajstić information content (AvgIpc) is 2.99. The third-order valence-electron chi connectivity index (χ3n) is 4.89. The molecule has 1 fully saturated rings. The van der Waals surface area contributed by atoms with Gasteiger partial charge in [0.2, 0.25) is 11.8 Å². The van der Waals surface area contributed by atoms with E-state index in [1.54, 1.807) is 36.4 Å². The van der Waals surface area contributed by atoms with E-state index >= 15 is 0 Å². The molecule has 0 radical (unpaired) electrons. The molecule has 3 amide bonds. The van der Waals surface area contributed by atoms with E-state index in [0.29, 0.717) is 5.56 Å². The molecule has 5 nitrogen and oxygen atoms in total. The highest BCUT2D eigenvalue weighted by Gasteiger charge is 2.28. The Bertz CT molecular complexity index is 860. The van der Waals surface area contributed by atoms with Crippen LogP contribution in [-0.2, 0) is 16.1 Å². The number of benzene rings is 2. The number of carbonyl (C=O) groups excluding carboxylic acids is 3. The average molecular weight is 382 g/mol. The number of hydrogen-bond donors (Lipinski definition) is 1. The number of imide groups is 1. The largest absolute Gasteiger partial charge is 0.345 e. The van der Waals surface area contributed by atoms with Gasteiger partial charge in [-0.05, 0) is 41.3 Å². The summed E-state index contributed by atoms with van der Waals surface area (Å²) in [5, 5.41) is 3.00. The fourth-order valence-corrected chi connectivity index (χ4v) is 3.27. The molecule has 0 aromatic heterocycles. The topological polar surface area (TPSA) is 66.5 Å². The van der Waals surface area contributed by atoms with E-state index in [1.165, 1.54) is 17.0 Å². The Morgan fingerprint density at radius 3 is 2.11 bits per heavy atom. The molecule has 1 aliphatic rings. The first-order valence-electron chi connectivity index (χ1n) is 9.33. The second kappa shape index (κ2) is 8.33. The van der Waals surface area contributed by atoms with Crippen molar-refractivity contribution in [2.45, 2.75) is 39.3 Å². The third kappa shape index (κ3) is 4.44. The standard InChI is InChI=1S/C22H23FN2O3/c1-14(2)21(16-7-9-18(23)10-8-16)24-22(28)17-5-3-15(4-6-17)13-25-19(26)11-12-20(25)27/h3-10,14,21H,11-13H2,1-2H3,(H,24,28). The van der Waals surface area contributed by atoms with Crippen molar-refractivity contribution < 1.29 is 18.8 Å². The minimum absolute atomic E-state index is 0.126. The Balaban J connectivity index is 1.68. The molecule has 1 N–H and O–H groups in total. The van der Waals surface area contributed by atoms with Crippen molar-refractivity contribution >= 4 is 17.7 Å². The van der Waals surface area contributed by atoms with Gasteiger partial charge in [0.1, 0.15) is 5.82 Å². The van der Waals surface area contributed by atoms with Crippen molar-refractivity contribution in [2.24, 2.45) is 5.92 Å². The maximum atomic E-state index is 13.2. The first kappa shape index (κ1) is 19.7. The fourth-order valence-electron chi connectivity index (χ4n) is 3.27. The lowest BCUT2D eigenvalue weighted by atomic mass is 9.95. The molecule has 6 heteroatoms. The van der Waals surface area contributed by atoms with Crippen molar-refractivity contribution in [2.75, 3.05) is 0 Å². The fraction of sp³-hybridized carbons (Fsp3) is 0.318. The summed E-state index contributed by atoms with van der Waals surface area (Å²) in [6, 6.07) is 12.7. The lowest BCUT2D eigenvalue weighted by Gasteiger charge is -2.23. The summed E-state index contributed by atoms with van der Waals surface area (Å²) in [7, 11) is 0. The number of halogens is 1. The Hall–Kier alpha value is -3.02. The monoisotopic (exact) mass is 382 g/mol. The SMILES string of the molecule is CC(C)C(NC(=O)c1ccc(CN2C(=O)CCC2=O)cc1)c1ccc(F)cc1. The summed E-state index contributed by atoms with van der Waals surface area (Å²) in [6.07, 6.45) is 0.526. The van der Waals surface area contributed by atoms with Gasteiger partial charge in [-0.3, -0.25) is 19.3 Å². The molecule has 0 bridgehead atoms. The van der Waals surface area contributed by atoms with Crippen molar-refractivity contribution in [1.29, 1.82) is 0 Å². The van der Waals surface area contributed by atoms with Gasteiger partial charge in [-0.1, -0.05) is 38.1 Å². The first-order valence-corrected chi connectivity index (χ1v) is 9.33. The van der Waals surface area contributed by atoms with E-state index in [9.17, 15) is 18.8 Å². The van der Waals surface area contributed by atoms with E-state index in [2.05, 4.69) is 5.32 Å². The van der Waals surface area contributed by atoms with E-state index in [4.69, 9.17) is 0 Å². The van der Waals surface area contributed by atoms with Crippen LogP contribution in [0.5, 0.6) is 0 Å². The zero-order valence-electron chi connectivity index (χ0n) is 15.9. The third-order valence-corrected chi connectivity index (χ3v) is 4.89. The van der Waals surface area contributed by atoms with Crippen LogP contribution in [0, 0.1) is 11.7 Å². The molecule has 0 saturated carbocycles. The number of rotatable bonds is 6. The second-order valence-electron chi connectivity index (χ2n) is 7.32. The molecule has 146 valence electrons. The van der Waals surface area contributed by atoms with Crippen LogP contribution in [0.2, 0.25) is 0 Å². The van der Waals surface area contributed by atoms with Gasteiger partial charge in [-0.2, -0.15) is 0 Å². The Kier molecular flexibility index (Phi) is 5.87. The first-order chi connectivity index (χ1) is 13.3. The summed E-state index contributed by atoms with van der Waals surface area (Å²) in [4.78, 5) is 37.3. The van der Waals surface area contributed by atoms with Crippen LogP contribution < -0.4 is 5.32 Å². The summed E-state index contributed by atoms with van der Waals surface area (Å²) >= 11 is 0. The quantitative estimate of drug-likeness (QED) is 0.777. The highest BCUT2D eigenvalue weighted by atomic mass is 19.1. The van der Waals surface area contributed by atoms with Crippen molar-refractivity contribution in [3.8, 4) is 0 Å². The predicted molar refractivity (Wildman–Crippen MR) is 103 cm³/mol. The van der Waals surface area contributed by atoms with Gasteiger partial charge < -0.3 is 5.32 Å². The molecule has 3 rings (SSSR count). The number of nitrogens with one attached hydrogen (secondary N) is 1. The molecule has 2 aromatic carbocycles. The maximum Gasteiger partial charge on any atom is 0.251 e. The van der Waals surface area contributed by atoms with Gasteiger partial charge in [0.15, 0.2) is 0 Å². The number of hydrogen-bond acceptors (Lipinski definition) is 3. The highest BCUT2D eigenvalue weighted by Crippen LogP contribution is 2.23. The van der Waals surface area contributed by atoms with Gasteiger partial charge in [-0.25, -0.2) is 4.39 Å². The highest BCUT2D eigenvalue weighted by molar-refractivity contribution is 6.01. The Labute approximate surface area is 163 Å². The molecule has 1 heterocycles. The van der Waals surface area contributed by atoms with Crippen LogP contribution in [0.1, 0.15) is 54.2 Å². The summed E-state index contributed by atoms with van der Waals surface area (Å²) in [5.74, 6) is -0.747. The molecular weight excluding hydrogens is 359 g/mol. The van der Waals surface area contributed by atoms with Gasteiger partial charge in [0.25, 0.3) is 5.91 Å². The van der Waals surface area contributed by atoms with Gasteiger partial charge >= 0.3 is 0 Å². The van der Waals surface area contributed by atoms with Crippen molar-refractivity contribution in [1.82, 2.24) is 10.2 Å². The van der Waals surface area contributed by atoms with E-state index < -0.39 is 0 Å². The van der Waals surface area contributed by atoms with Crippen LogP contribution in [0.25, 0.3) is 0 Å². The summed E-state index contributed by atoms with van der Waals surface area (Å²) in [6.45, 7) is 4.20. The van der Waals surface area contributed by atoms with Crippen molar-refractivity contribution in [3.63, 3.8) is 0 Å². The predicted octanol–water partition coefficient (Wildman–Crippen LogP) is 3.60. The molecule has 0 spiro atoms. The maximum absolute atomic E-state index is 13.2. The number of carbonyl (C=O) groups is 3. The molecule has 0 aliphatic carbocycles. The van der Waals surface area contributed by atoms with Crippen LogP contribution in [0.4, 0.5) is 4.39 Å². The van der Waals surface area contributed by atoms with Gasteiger partial charge in [-0.15, -0.1) is 0 Å². The van der Waals surface area contributed by atoms with E-state index in [-0.39, 0.29) is 54.9 Å². The van der Waals surface area contributed by atoms with Crippen LogP contribution >= 0.6 is 0 Å². The molecule has 2 aromatic rings. The molecule has 28 heavy (non-hydrogen) atoms. The minimum Gasteiger partial charge on any atom is -0.345 e. The molecular formula is C22H23FN2O3. The summed E-state index contributed by atoms with van der Waals surface area (Å²) < 4.78 is 13.2. The molecule has 1 aliphatic heterocycles. The van der Waals surface area contributed by atoms with Gasteiger partial charge in [0, 0.05) is 18.4 Å². The van der Waals surface area contributed by atoms with Crippen LogP contribution in [0.3, 0.4) is 0 Å². The van der Waals surface area contributed by atoms with E-state index in [0.717, 1.165) is 11.1 Å². The molecule has 1 saturated heterocycles. The second-order valence-corrected chi connectivity index (χ2v) is 7.32. The normalized spacial score (nSPS) is 15.2. The number of nitrogens with zero attached hydrogens (tertiary/aromatic N) is 1. The molecule has 1 unspecified atom stereocenters. The zero-order chi connectivity index (χ0) is 20.3. The smallest absolute Gasteiger partial charge is 0.251 e. The summed E-state index contributed by atoms with van der Waals surface area (Å²) in [5.41, 5.74) is 2.11. The Morgan fingerprint density at radius 2 is 1.57 bits per heavy atom. The lowest BCUT2D eigenvalue weighted by molar-refractivity contribution is -0.139. The van der Waals surface area contributed by atoms with E-state index in [1.807, 2.05) is 13.8 Å². The minimum atomic E-state index is -0.317. The lowest BCUT2D eigenvalue weighted by Crippen LogP contribution is -2.32. The van der Waals surface area contributed by atoms with Crippen LogP contribution in [-0.4, -0.2) is 22.6 Å². The van der Waals surface area contributed by atoms with Crippen LogP contribution in [0.15, 0.2) is 48.5 Å². The van der Waals surface area contributed by atoms with Gasteiger partial charge in [0.05, 0.1) is 12.6 Å². The number of amides is 3.